The summed E-state index contributed by atoms with van der Waals surface area (Å²) >= 11 is 0. The van der Waals surface area contributed by atoms with Crippen molar-refractivity contribution in [3.63, 3.8) is 0 Å². The smallest absolute Gasteiger partial charge is 0.262 e. The fourth-order valence-corrected chi connectivity index (χ4v) is 5.13. The normalized spacial score (nSPS) is 13.0. The van der Waals surface area contributed by atoms with Gasteiger partial charge >= 0.3 is 0 Å². The summed E-state index contributed by atoms with van der Waals surface area (Å²) in [6, 6.07) is 14.5. The number of nitrogens with one attached hydrogen (secondary N) is 1. The van der Waals surface area contributed by atoms with Gasteiger partial charge in [0.1, 0.15) is 5.75 Å². The third-order valence-corrected chi connectivity index (χ3v) is 7.57. The number of para-hydroxylation sites is 1. The molecule has 4 nitrogen and oxygen atoms in total. The Labute approximate surface area is 202 Å². The highest BCUT2D eigenvalue weighted by atomic mass is 32.2. The Kier molecular flexibility index (Phi) is 10.7. The highest BCUT2D eigenvalue weighted by molar-refractivity contribution is 7.92. The topological polar surface area (TPSA) is 55.4 Å². The van der Waals surface area contributed by atoms with E-state index in [9.17, 15) is 8.42 Å². The average molecular weight is 474 g/mol. The van der Waals surface area contributed by atoms with Crippen molar-refractivity contribution >= 4 is 15.7 Å². The predicted octanol–water partition coefficient (Wildman–Crippen LogP) is 8.08. The summed E-state index contributed by atoms with van der Waals surface area (Å²) in [5, 5.41) is 0. The van der Waals surface area contributed by atoms with Crippen LogP contribution < -0.4 is 9.46 Å². The Balaban J connectivity index is 2.32. The van der Waals surface area contributed by atoms with E-state index in [0.29, 0.717) is 11.4 Å². The van der Waals surface area contributed by atoms with Gasteiger partial charge in [-0.2, -0.15) is 0 Å². The monoisotopic (exact) mass is 473 g/mol. The molecule has 0 aliphatic carbocycles. The molecule has 0 radical (unpaired) electrons. The molecule has 1 unspecified atom stereocenters. The van der Waals surface area contributed by atoms with Crippen molar-refractivity contribution in [2.75, 3.05) is 4.72 Å². The molecule has 0 saturated heterocycles. The second kappa shape index (κ2) is 13.0. The second-order valence-corrected chi connectivity index (χ2v) is 11.5. The summed E-state index contributed by atoms with van der Waals surface area (Å²) in [5.74, 6) is 0.632. The van der Waals surface area contributed by atoms with Gasteiger partial charge in [0, 0.05) is 11.8 Å². The summed E-state index contributed by atoms with van der Waals surface area (Å²) in [6.07, 6.45) is 10.2. The van der Waals surface area contributed by atoms with Crippen LogP contribution in [0.5, 0.6) is 5.75 Å². The van der Waals surface area contributed by atoms with E-state index in [0.717, 1.165) is 37.7 Å². The van der Waals surface area contributed by atoms with E-state index in [1.807, 2.05) is 30.3 Å². The number of hydrogen-bond acceptors (Lipinski definition) is 3. The molecule has 2 aromatic rings. The van der Waals surface area contributed by atoms with Crippen LogP contribution in [0.1, 0.15) is 98.0 Å². The van der Waals surface area contributed by atoms with Crippen molar-refractivity contribution in [2.45, 2.75) is 109 Å². The van der Waals surface area contributed by atoms with Crippen LogP contribution in [0.25, 0.3) is 0 Å². The first-order valence-corrected chi connectivity index (χ1v) is 14.1. The number of anilines is 1. The third-order valence-electron chi connectivity index (χ3n) is 6.20. The number of unbranched alkanes of at least 4 members (excludes halogenated alkanes) is 5. The molecule has 0 spiro atoms. The zero-order chi connectivity index (χ0) is 24.3. The van der Waals surface area contributed by atoms with Crippen molar-refractivity contribution in [3.05, 3.63) is 54.1 Å². The summed E-state index contributed by atoms with van der Waals surface area (Å²) in [4.78, 5) is 0.251. The maximum absolute atomic E-state index is 13.3. The molecule has 0 aromatic heterocycles. The Morgan fingerprint density at radius 3 is 2.24 bits per heavy atom. The van der Waals surface area contributed by atoms with Crippen molar-refractivity contribution in [1.82, 2.24) is 0 Å². The summed E-state index contributed by atoms with van der Waals surface area (Å²) in [7, 11) is -3.73. The van der Waals surface area contributed by atoms with Crippen molar-refractivity contribution < 1.29 is 13.2 Å². The van der Waals surface area contributed by atoms with Crippen molar-refractivity contribution in [3.8, 4) is 5.75 Å². The number of sulfonamides is 1. The van der Waals surface area contributed by atoms with Gasteiger partial charge < -0.3 is 4.74 Å². The van der Waals surface area contributed by atoms with Gasteiger partial charge in [-0.25, -0.2) is 8.42 Å². The van der Waals surface area contributed by atoms with Crippen molar-refractivity contribution in [1.29, 1.82) is 0 Å². The zero-order valence-electron chi connectivity index (χ0n) is 21.2. The van der Waals surface area contributed by atoms with E-state index >= 15 is 0 Å². The molecule has 184 valence electrons. The van der Waals surface area contributed by atoms with E-state index in [1.54, 1.807) is 18.2 Å². The standard InChI is InChI=1S/C28H43NO3S/c1-6-8-10-12-16-23(3)32-26-20-24(28(4,5)19-15-9-7-2)21-27(22-26)33(30,31)29-25-17-13-11-14-18-25/h11,13-14,17-18,20-23,29H,6-10,12,15-16,19H2,1-5H3. The van der Waals surface area contributed by atoms with Gasteiger partial charge in [-0.05, 0) is 61.4 Å². The molecule has 0 bridgehead atoms. The summed E-state index contributed by atoms with van der Waals surface area (Å²) < 4.78 is 35.5. The van der Waals surface area contributed by atoms with Crippen LogP contribution in [-0.2, 0) is 15.4 Å². The molecule has 0 heterocycles. The number of benzene rings is 2. The Bertz CT molecular complexity index is 939. The Hall–Kier alpha value is -2.01. The number of rotatable bonds is 15. The average Bonchev–Trinajstić information content (AvgIpc) is 2.77. The zero-order valence-corrected chi connectivity index (χ0v) is 22.0. The van der Waals surface area contributed by atoms with Gasteiger partial charge in [-0.3, -0.25) is 4.72 Å². The molecule has 5 heteroatoms. The highest BCUT2D eigenvalue weighted by Gasteiger charge is 2.25. The molecule has 2 aromatic carbocycles. The molecule has 33 heavy (non-hydrogen) atoms. The largest absolute Gasteiger partial charge is 0.491 e. The molecule has 0 aliphatic heterocycles. The van der Waals surface area contributed by atoms with Gasteiger partial charge in [0.15, 0.2) is 0 Å². The fourth-order valence-electron chi connectivity index (χ4n) is 4.02. The van der Waals surface area contributed by atoms with Crippen LogP contribution >= 0.6 is 0 Å². The summed E-state index contributed by atoms with van der Waals surface area (Å²) in [5.41, 5.74) is 1.41. The van der Waals surface area contributed by atoms with E-state index in [4.69, 9.17) is 4.74 Å². The lowest BCUT2D eigenvalue weighted by Crippen LogP contribution is -2.20. The van der Waals surface area contributed by atoms with Gasteiger partial charge in [0.05, 0.1) is 11.0 Å². The first-order valence-electron chi connectivity index (χ1n) is 12.6. The third kappa shape index (κ3) is 9.04. The molecule has 0 amide bonds. The molecule has 2 rings (SSSR count). The van der Waals surface area contributed by atoms with Gasteiger partial charge in [-0.15, -0.1) is 0 Å². The molecular formula is C28H43NO3S. The fraction of sp³-hybridized carbons (Fsp3) is 0.571. The Morgan fingerprint density at radius 2 is 1.58 bits per heavy atom. The van der Waals surface area contributed by atoms with E-state index in [2.05, 4.69) is 39.3 Å². The molecule has 0 fully saturated rings. The number of ether oxygens (including phenoxy) is 1. The van der Waals surface area contributed by atoms with Gasteiger partial charge in [-0.1, -0.05) is 84.4 Å². The van der Waals surface area contributed by atoms with Crippen LogP contribution in [0, 0.1) is 0 Å². The summed E-state index contributed by atoms with van der Waals surface area (Å²) in [6.45, 7) is 10.9. The van der Waals surface area contributed by atoms with E-state index in [1.165, 1.54) is 25.7 Å². The van der Waals surface area contributed by atoms with Crippen LogP contribution in [0.3, 0.4) is 0 Å². The first-order chi connectivity index (χ1) is 15.7. The second-order valence-electron chi connectivity index (χ2n) is 9.78. The van der Waals surface area contributed by atoms with Crippen LogP contribution in [0.2, 0.25) is 0 Å². The molecule has 0 saturated carbocycles. The van der Waals surface area contributed by atoms with E-state index in [-0.39, 0.29) is 16.4 Å². The highest BCUT2D eigenvalue weighted by Crippen LogP contribution is 2.34. The first kappa shape index (κ1) is 27.2. The Morgan fingerprint density at radius 1 is 0.909 bits per heavy atom. The minimum absolute atomic E-state index is 0.0398. The minimum Gasteiger partial charge on any atom is -0.491 e. The van der Waals surface area contributed by atoms with Crippen LogP contribution in [0.4, 0.5) is 5.69 Å². The van der Waals surface area contributed by atoms with Crippen molar-refractivity contribution in [2.24, 2.45) is 0 Å². The molecule has 0 aliphatic rings. The SMILES string of the molecule is CCCCCCC(C)Oc1cc(C(C)(C)CCCCC)cc(S(=O)(=O)Nc2ccccc2)c1. The van der Waals surface area contributed by atoms with Crippen LogP contribution in [0.15, 0.2) is 53.4 Å². The molecule has 1 N–H and O–H groups in total. The lowest BCUT2D eigenvalue weighted by atomic mass is 9.80. The molecular weight excluding hydrogens is 430 g/mol. The van der Waals surface area contributed by atoms with E-state index < -0.39 is 10.0 Å². The maximum Gasteiger partial charge on any atom is 0.262 e. The van der Waals surface area contributed by atoms with Crippen LogP contribution in [-0.4, -0.2) is 14.5 Å². The maximum atomic E-state index is 13.3. The predicted molar refractivity (Wildman–Crippen MR) is 140 cm³/mol. The quantitative estimate of drug-likeness (QED) is 0.266. The van der Waals surface area contributed by atoms with Gasteiger partial charge in [0.25, 0.3) is 10.0 Å². The minimum atomic E-state index is -3.73. The lowest BCUT2D eigenvalue weighted by molar-refractivity contribution is 0.205. The molecule has 1 atom stereocenters. The lowest BCUT2D eigenvalue weighted by Gasteiger charge is -2.27. The van der Waals surface area contributed by atoms with Gasteiger partial charge in [0.2, 0.25) is 0 Å². The number of hydrogen-bond donors (Lipinski definition) is 1.